The lowest BCUT2D eigenvalue weighted by Crippen LogP contribution is -2.03. The molecule has 0 saturated heterocycles. The summed E-state index contributed by atoms with van der Waals surface area (Å²) in [6.07, 6.45) is 3.98. The van der Waals surface area contributed by atoms with E-state index >= 15 is 0 Å². The van der Waals surface area contributed by atoms with E-state index in [-0.39, 0.29) is 5.16 Å². The van der Waals surface area contributed by atoms with Crippen LogP contribution in [0.5, 0.6) is 0 Å². The van der Waals surface area contributed by atoms with Crippen molar-refractivity contribution in [2.24, 2.45) is 0 Å². The Hall–Kier alpha value is -2.34. The van der Waals surface area contributed by atoms with Gasteiger partial charge in [0.25, 0.3) is 0 Å². The number of aldehydes is 1. The van der Waals surface area contributed by atoms with Crippen LogP contribution in [0, 0.1) is 0 Å². The maximum Gasteiger partial charge on any atom is 0.237 e. The lowest BCUT2D eigenvalue weighted by molar-refractivity contribution is 0.112. The van der Waals surface area contributed by atoms with E-state index in [2.05, 4.69) is 10.1 Å². The largest absolute Gasteiger partial charge is 0.298 e. The number of nitrogens with zero attached hydrogens (tertiary/aromatic N) is 3. The zero-order valence-corrected chi connectivity index (χ0v) is 11.5. The van der Waals surface area contributed by atoms with Crippen molar-refractivity contribution in [2.45, 2.75) is 5.16 Å². The molecule has 0 N–H and O–H groups in total. The number of hydrogen-bond donors (Lipinski definition) is 0. The van der Waals surface area contributed by atoms with E-state index in [1.807, 2.05) is 24.3 Å². The molecule has 2 heterocycles. The first-order valence-electron chi connectivity index (χ1n) is 5.93. The van der Waals surface area contributed by atoms with Gasteiger partial charge in [0.2, 0.25) is 5.16 Å². The van der Waals surface area contributed by atoms with Crippen LogP contribution in [-0.2, 0) is 10.8 Å². The van der Waals surface area contributed by atoms with Crippen LogP contribution in [-0.4, -0.2) is 31.3 Å². The predicted octanol–water partition coefficient (Wildman–Crippen LogP) is 1.95. The van der Waals surface area contributed by atoms with Gasteiger partial charge in [0.1, 0.15) is 6.29 Å². The molecular formula is C14H11N3O2S. The fourth-order valence-electron chi connectivity index (χ4n) is 2.01. The maximum atomic E-state index is 11.5. The highest BCUT2D eigenvalue weighted by Gasteiger charge is 2.09. The van der Waals surface area contributed by atoms with Crippen LogP contribution in [0.15, 0.2) is 47.8 Å². The second-order valence-corrected chi connectivity index (χ2v) is 5.57. The molecule has 1 atom stereocenters. The van der Waals surface area contributed by atoms with Crippen molar-refractivity contribution in [3.63, 3.8) is 0 Å². The smallest absolute Gasteiger partial charge is 0.237 e. The summed E-state index contributed by atoms with van der Waals surface area (Å²) in [4.78, 5) is 14.9. The number of carbonyl (C=O) groups excluding carboxylic acids is 1. The van der Waals surface area contributed by atoms with Crippen LogP contribution < -0.4 is 0 Å². The topological polar surface area (TPSA) is 64.3 Å². The minimum Gasteiger partial charge on any atom is -0.298 e. The highest BCUT2D eigenvalue weighted by atomic mass is 32.2. The lowest BCUT2D eigenvalue weighted by Gasteiger charge is -2.04. The third-order valence-corrected chi connectivity index (χ3v) is 3.65. The van der Waals surface area contributed by atoms with Gasteiger partial charge in [-0.25, -0.2) is 9.50 Å². The number of rotatable bonds is 3. The predicted molar refractivity (Wildman–Crippen MR) is 76.1 cm³/mol. The van der Waals surface area contributed by atoms with E-state index in [0.717, 1.165) is 23.1 Å². The molecule has 0 spiro atoms. The molecule has 3 aromatic rings. The van der Waals surface area contributed by atoms with E-state index in [0.29, 0.717) is 5.56 Å². The van der Waals surface area contributed by atoms with Gasteiger partial charge in [0.05, 0.1) is 28.2 Å². The zero-order valence-electron chi connectivity index (χ0n) is 10.7. The molecule has 1 aromatic carbocycles. The summed E-state index contributed by atoms with van der Waals surface area (Å²) in [5.41, 5.74) is 3.12. The molecule has 0 saturated carbocycles. The maximum absolute atomic E-state index is 11.5. The highest BCUT2D eigenvalue weighted by Crippen LogP contribution is 2.22. The van der Waals surface area contributed by atoms with Crippen LogP contribution in [0.2, 0.25) is 0 Å². The van der Waals surface area contributed by atoms with E-state index in [1.165, 1.54) is 6.26 Å². The Morgan fingerprint density at radius 1 is 1.25 bits per heavy atom. The van der Waals surface area contributed by atoms with Crippen molar-refractivity contribution in [3.8, 4) is 11.3 Å². The summed E-state index contributed by atoms with van der Waals surface area (Å²) in [5.74, 6) is 0. The Kier molecular flexibility index (Phi) is 3.15. The molecule has 0 aliphatic heterocycles. The van der Waals surface area contributed by atoms with E-state index < -0.39 is 10.8 Å². The summed E-state index contributed by atoms with van der Waals surface area (Å²) in [5, 5.41) is 4.56. The van der Waals surface area contributed by atoms with Gasteiger partial charge in [-0.3, -0.25) is 9.00 Å². The second-order valence-electron chi connectivity index (χ2n) is 4.29. The number of fused-ring (bicyclic) bond motifs is 1. The van der Waals surface area contributed by atoms with Crippen molar-refractivity contribution < 1.29 is 9.00 Å². The Morgan fingerprint density at radius 2 is 2.10 bits per heavy atom. The Morgan fingerprint density at radius 3 is 2.85 bits per heavy atom. The molecule has 0 radical (unpaired) electrons. The number of hydrogen-bond acceptors (Lipinski definition) is 4. The molecule has 2 aromatic heterocycles. The standard InChI is InChI=1S/C14H11N3O2S/c1-20(19)14-15-8-12-5-6-13(17(12)16-14)11-4-2-3-10(7-11)9-18/h2-9H,1H3. The Bertz CT molecular complexity index is 826. The van der Waals surface area contributed by atoms with Gasteiger partial charge in [-0.15, -0.1) is 5.10 Å². The fraction of sp³-hybridized carbons (Fsp3) is 0.0714. The van der Waals surface area contributed by atoms with Gasteiger partial charge in [-0.2, -0.15) is 0 Å². The Balaban J connectivity index is 2.22. The normalized spacial score (nSPS) is 12.4. The van der Waals surface area contributed by atoms with Crippen molar-refractivity contribution in [3.05, 3.63) is 48.2 Å². The molecular weight excluding hydrogens is 274 g/mol. The van der Waals surface area contributed by atoms with Crippen LogP contribution in [0.4, 0.5) is 0 Å². The summed E-state index contributed by atoms with van der Waals surface area (Å²) in [6, 6.07) is 11.0. The fourth-order valence-corrected chi connectivity index (χ4v) is 2.41. The van der Waals surface area contributed by atoms with Crippen LogP contribution in [0.1, 0.15) is 10.4 Å². The third-order valence-electron chi connectivity index (χ3n) is 2.95. The average Bonchev–Trinajstić information content (AvgIpc) is 2.90. The third kappa shape index (κ3) is 2.14. The highest BCUT2D eigenvalue weighted by molar-refractivity contribution is 7.84. The van der Waals surface area contributed by atoms with Gasteiger partial charge < -0.3 is 0 Å². The average molecular weight is 285 g/mol. The number of aromatic nitrogens is 3. The molecule has 0 bridgehead atoms. The first-order valence-corrected chi connectivity index (χ1v) is 7.48. The number of carbonyl (C=O) groups is 1. The molecule has 100 valence electrons. The van der Waals surface area contributed by atoms with Gasteiger partial charge >= 0.3 is 0 Å². The molecule has 6 heteroatoms. The minimum absolute atomic E-state index is 0.279. The molecule has 20 heavy (non-hydrogen) atoms. The summed E-state index contributed by atoms with van der Waals surface area (Å²) >= 11 is 0. The molecule has 5 nitrogen and oxygen atoms in total. The van der Waals surface area contributed by atoms with E-state index in [9.17, 15) is 9.00 Å². The molecule has 0 aliphatic rings. The van der Waals surface area contributed by atoms with Crippen molar-refractivity contribution in [1.82, 2.24) is 14.6 Å². The summed E-state index contributed by atoms with van der Waals surface area (Å²) in [7, 11) is -1.24. The first-order chi connectivity index (χ1) is 9.69. The quantitative estimate of drug-likeness (QED) is 0.690. The molecule has 0 amide bonds. The second kappa shape index (κ2) is 4.97. The van der Waals surface area contributed by atoms with Crippen LogP contribution in [0.3, 0.4) is 0 Å². The van der Waals surface area contributed by atoms with Gasteiger partial charge in [0.15, 0.2) is 0 Å². The summed E-state index contributed by atoms with van der Waals surface area (Å²) in [6.45, 7) is 0. The molecule has 0 fully saturated rings. The van der Waals surface area contributed by atoms with Crippen LogP contribution in [0.25, 0.3) is 16.8 Å². The summed E-state index contributed by atoms with van der Waals surface area (Å²) < 4.78 is 13.2. The monoisotopic (exact) mass is 285 g/mol. The van der Waals surface area contributed by atoms with Crippen molar-refractivity contribution in [2.75, 3.05) is 6.26 Å². The van der Waals surface area contributed by atoms with Gasteiger partial charge in [0, 0.05) is 17.4 Å². The Labute approximate surface area is 117 Å². The van der Waals surface area contributed by atoms with Gasteiger partial charge in [-0.05, 0) is 18.2 Å². The SMILES string of the molecule is CS(=O)c1ncc2ccc(-c3cccc(C=O)c3)n2n1. The zero-order chi connectivity index (χ0) is 14.1. The van der Waals surface area contributed by atoms with E-state index in [4.69, 9.17) is 0 Å². The minimum atomic E-state index is -1.24. The first kappa shape index (κ1) is 12.7. The number of benzene rings is 1. The lowest BCUT2D eigenvalue weighted by atomic mass is 10.1. The molecule has 0 aliphatic carbocycles. The van der Waals surface area contributed by atoms with Gasteiger partial charge in [-0.1, -0.05) is 18.2 Å². The van der Waals surface area contributed by atoms with Crippen molar-refractivity contribution in [1.29, 1.82) is 0 Å². The molecule has 3 rings (SSSR count). The van der Waals surface area contributed by atoms with E-state index in [1.54, 1.807) is 22.8 Å². The van der Waals surface area contributed by atoms with Crippen molar-refractivity contribution >= 4 is 22.6 Å². The van der Waals surface area contributed by atoms with Crippen LogP contribution >= 0.6 is 0 Å². The molecule has 1 unspecified atom stereocenters.